The van der Waals surface area contributed by atoms with E-state index >= 15 is 0 Å². The zero-order valence-electron chi connectivity index (χ0n) is 6.99. The zero-order chi connectivity index (χ0) is 8.39. The molecule has 0 fully saturated rings. The van der Waals surface area contributed by atoms with Gasteiger partial charge in [0.1, 0.15) is 0 Å². The summed E-state index contributed by atoms with van der Waals surface area (Å²) in [5.41, 5.74) is 7.37. The molecule has 0 bridgehead atoms. The van der Waals surface area contributed by atoms with Gasteiger partial charge in [-0.1, -0.05) is 18.2 Å². The maximum Gasteiger partial charge on any atom is 0.0306 e. The molecule has 0 unspecified atom stereocenters. The summed E-state index contributed by atoms with van der Waals surface area (Å²) in [5, 5.41) is 0. The van der Waals surface area contributed by atoms with Crippen LogP contribution in [-0.2, 0) is 0 Å². The summed E-state index contributed by atoms with van der Waals surface area (Å²) in [6, 6.07) is 8.74. The minimum Gasteiger partial charge on any atom is -0.324 e. The SMILES string of the molecule is N[C@@H]1CCCSc2ccccc21. The highest BCUT2D eigenvalue weighted by Gasteiger charge is 2.13. The largest absolute Gasteiger partial charge is 0.324 e. The first-order valence-corrected chi connectivity index (χ1v) is 5.34. The molecule has 2 N–H and O–H groups in total. The van der Waals surface area contributed by atoms with Crippen LogP contribution in [0.25, 0.3) is 0 Å². The molecule has 1 nitrogen and oxygen atoms in total. The highest BCUT2D eigenvalue weighted by Crippen LogP contribution is 2.32. The second-order valence-electron chi connectivity index (χ2n) is 3.14. The molecule has 1 aliphatic rings. The molecule has 1 aromatic carbocycles. The Labute approximate surface area is 77.3 Å². The molecule has 2 rings (SSSR count). The number of fused-ring (bicyclic) bond motifs is 1. The lowest BCUT2D eigenvalue weighted by Crippen LogP contribution is -2.09. The fourth-order valence-corrected chi connectivity index (χ4v) is 2.65. The van der Waals surface area contributed by atoms with Crippen LogP contribution in [0.1, 0.15) is 24.4 Å². The maximum absolute atomic E-state index is 6.03. The Kier molecular flexibility index (Phi) is 2.38. The van der Waals surface area contributed by atoms with Gasteiger partial charge in [-0.25, -0.2) is 0 Å². The lowest BCUT2D eigenvalue weighted by Gasteiger charge is -2.10. The number of rotatable bonds is 0. The van der Waals surface area contributed by atoms with Crippen molar-refractivity contribution in [2.24, 2.45) is 5.73 Å². The Balaban J connectivity index is 2.39. The third kappa shape index (κ3) is 1.50. The molecular weight excluding hydrogens is 166 g/mol. The summed E-state index contributed by atoms with van der Waals surface area (Å²) in [4.78, 5) is 1.38. The van der Waals surface area contributed by atoms with E-state index in [1.165, 1.54) is 22.6 Å². The highest BCUT2D eigenvalue weighted by atomic mass is 32.2. The Morgan fingerprint density at radius 2 is 2.17 bits per heavy atom. The van der Waals surface area contributed by atoms with Gasteiger partial charge in [0.25, 0.3) is 0 Å². The van der Waals surface area contributed by atoms with E-state index in [1.54, 1.807) is 0 Å². The number of thioether (sulfide) groups is 1. The fraction of sp³-hybridized carbons (Fsp3) is 0.400. The summed E-state index contributed by atoms with van der Waals surface area (Å²) in [6.07, 6.45) is 2.37. The van der Waals surface area contributed by atoms with Gasteiger partial charge in [-0.05, 0) is 30.2 Å². The van der Waals surface area contributed by atoms with Crippen LogP contribution in [0.3, 0.4) is 0 Å². The smallest absolute Gasteiger partial charge is 0.0306 e. The van der Waals surface area contributed by atoms with Gasteiger partial charge in [0.05, 0.1) is 0 Å². The van der Waals surface area contributed by atoms with E-state index in [0.29, 0.717) is 0 Å². The lowest BCUT2D eigenvalue weighted by molar-refractivity contribution is 0.640. The number of benzene rings is 1. The van der Waals surface area contributed by atoms with Crippen molar-refractivity contribution >= 4 is 11.8 Å². The normalized spacial score (nSPS) is 22.9. The van der Waals surface area contributed by atoms with Crippen molar-refractivity contribution in [1.82, 2.24) is 0 Å². The molecule has 0 saturated carbocycles. The van der Waals surface area contributed by atoms with Crippen molar-refractivity contribution in [3.8, 4) is 0 Å². The summed E-state index contributed by atoms with van der Waals surface area (Å²) < 4.78 is 0. The van der Waals surface area contributed by atoms with Gasteiger partial charge in [-0.2, -0.15) is 0 Å². The van der Waals surface area contributed by atoms with Crippen molar-refractivity contribution in [3.05, 3.63) is 29.8 Å². The number of hydrogen-bond donors (Lipinski definition) is 1. The molecule has 1 aliphatic heterocycles. The Morgan fingerprint density at radius 1 is 1.33 bits per heavy atom. The second kappa shape index (κ2) is 3.50. The first-order chi connectivity index (χ1) is 5.88. The first-order valence-electron chi connectivity index (χ1n) is 4.35. The number of hydrogen-bond acceptors (Lipinski definition) is 2. The minimum absolute atomic E-state index is 0.260. The highest BCUT2D eigenvalue weighted by molar-refractivity contribution is 7.99. The van der Waals surface area contributed by atoms with Crippen LogP contribution in [-0.4, -0.2) is 5.75 Å². The van der Waals surface area contributed by atoms with Crippen molar-refractivity contribution in [1.29, 1.82) is 0 Å². The van der Waals surface area contributed by atoms with Crippen LogP contribution < -0.4 is 5.73 Å². The molecule has 1 heterocycles. The Hall–Kier alpha value is -0.470. The molecule has 64 valence electrons. The summed E-state index contributed by atoms with van der Waals surface area (Å²) >= 11 is 1.93. The van der Waals surface area contributed by atoms with Gasteiger partial charge in [-0.3, -0.25) is 0 Å². The molecule has 0 aliphatic carbocycles. The minimum atomic E-state index is 0.260. The zero-order valence-corrected chi connectivity index (χ0v) is 7.81. The standard InChI is InChI=1S/C10H13NS/c11-9-5-3-7-12-10-6-2-1-4-8(9)10/h1-2,4,6,9H,3,5,7,11H2/t9-/m1/s1. The molecule has 0 spiro atoms. The van der Waals surface area contributed by atoms with Crippen LogP contribution >= 0.6 is 11.8 Å². The van der Waals surface area contributed by atoms with Crippen molar-refractivity contribution in [2.45, 2.75) is 23.8 Å². The van der Waals surface area contributed by atoms with Crippen molar-refractivity contribution in [2.75, 3.05) is 5.75 Å². The predicted molar refractivity (Wildman–Crippen MR) is 53.3 cm³/mol. The van der Waals surface area contributed by atoms with Crippen molar-refractivity contribution in [3.63, 3.8) is 0 Å². The quantitative estimate of drug-likeness (QED) is 0.662. The fourth-order valence-electron chi connectivity index (χ4n) is 1.56. The molecule has 1 atom stereocenters. The van der Waals surface area contributed by atoms with Gasteiger partial charge >= 0.3 is 0 Å². The van der Waals surface area contributed by atoms with Crippen molar-refractivity contribution < 1.29 is 0 Å². The summed E-state index contributed by atoms with van der Waals surface area (Å²) in [7, 11) is 0. The summed E-state index contributed by atoms with van der Waals surface area (Å²) in [5.74, 6) is 1.21. The second-order valence-corrected chi connectivity index (χ2v) is 4.27. The van der Waals surface area contributed by atoms with E-state index in [1.807, 2.05) is 11.8 Å². The van der Waals surface area contributed by atoms with E-state index < -0.39 is 0 Å². The van der Waals surface area contributed by atoms with Crippen LogP contribution in [0, 0.1) is 0 Å². The lowest BCUT2D eigenvalue weighted by atomic mass is 10.0. The van der Waals surface area contributed by atoms with Gasteiger partial charge in [0.15, 0.2) is 0 Å². The molecule has 12 heavy (non-hydrogen) atoms. The van der Waals surface area contributed by atoms with E-state index in [2.05, 4.69) is 24.3 Å². The molecule has 2 heteroatoms. The van der Waals surface area contributed by atoms with E-state index in [0.717, 1.165) is 6.42 Å². The average Bonchev–Trinajstić information content (AvgIpc) is 2.29. The third-order valence-electron chi connectivity index (χ3n) is 2.24. The van der Waals surface area contributed by atoms with Crippen LogP contribution in [0.4, 0.5) is 0 Å². The maximum atomic E-state index is 6.03. The topological polar surface area (TPSA) is 26.0 Å². The Bertz CT molecular complexity index is 272. The van der Waals surface area contributed by atoms with E-state index in [9.17, 15) is 0 Å². The first kappa shape index (κ1) is 8.14. The number of nitrogens with two attached hydrogens (primary N) is 1. The third-order valence-corrected chi connectivity index (χ3v) is 3.41. The molecule has 1 aromatic rings. The monoisotopic (exact) mass is 179 g/mol. The van der Waals surface area contributed by atoms with Crippen LogP contribution in [0.15, 0.2) is 29.2 Å². The van der Waals surface area contributed by atoms with Gasteiger partial charge in [-0.15, -0.1) is 11.8 Å². The average molecular weight is 179 g/mol. The van der Waals surface area contributed by atoms with E-state index in [-0.39, 0.29) is 6.04 Å². The van der Waals surface area contributed by atoms with E-state index in [4.69, 9.17) is 5.73 Å². The van der Waals surface area contributed by atoms with Crippen LogP contribution in [0.5, 0.6) is 0 Å². The van der Waals surface area contributed by atoms with Crippen LogP contribution in [0.2, 0.25) is 0 Å². The summed E-state index contributed by atoms with van der Waals surface area (Å²) in [6.45, 7) is 0. The molecular formula is C10H13NS. The van der Waals surface area contributed by atoms with Gasteiger partial charge in [0, 0.05) is 10.9 Å². The van der Waals surface area contributed by atoms with Gasteiger partial charge < -0.3 is 5.73 Å². The molecule has 0 radical (unpaired) electrons. The molecule has 0 saturated heterocycles. The van der Waals surface area contributed by atoms with Gasteiger partial charge in [0.2, 0.25) is 0 Å². The Morgan fingerprint density at radius 3 is 3.08 bits per heavy atom. The molecule has 0 aromatic heterocycles. The predicted octanol–water partition coefficient (Wildman–Crippen LogP) is 2.57. The molecule has 0 amide bonds.